The predicted molar refractivity (Wildman–Crippen MR) is 68.2 cm³/mol. The average Bonchev–Trinajstić information content (AvgIpc) is 2.90. The highest BCUT2D eigenvalue weighted by Gasteiger charge is 2.40. The summed E-state index contributed by atoms with van der Waals surface area (Å²) in [6.07, 6.45) is 2.64. The average molecular weight is 237 g/mol. The molecule has 0 aliphatic carbocycles. The van der Waals surface area contributed by atoms with Gasteiger partial charge < -0.3 is 10.2 Å². The van der Waals surface area contributed by atoms with Gasteiger partial charge in [-0.15, -0.1) is 0 Å². The van der Waals surface area contributed by atoms with Crippen molar-refractivity contribution < 1.29 is 0 Å². The van der Waals surface area contributed by atoms with E-state index in [1.165, 1.54) is 44.7 Å². The summed E-state index contributed by atoms with van der Waals surface area (Å²) in [6.45, 7) is 4.72. The van der Waals surface area contributed by atoms with Crippen LogP contribution in [0, 0.1) is 5.41 Å². The van der Waals surface area contributed by atoms with Crippen LogP contribution in [0.15, 0.2) is 24.3 Å². The van der Waals surface area contributed by atoms with Crippen molar-refractivity contribution in [3.8, 4) is 0 Å². The number of benzene rings is 1. The van der Waals surface area contributed by atoms with Gasteiger partial charge in [-0.3, -0.25) is 0 Å². The van der Waals surface area contributed by atoms with Gasteiger partial charge in [0, 0.05) is 35.8 Å². The fraction of sp³-hybridized carbons (Fsp3) is 0.538. The molecular formula is C13H17ClN2. The Labute approximate surface area is 102 Å². The fourth-order valence-electron chi connectivity index (χ4n) is 2.97. The molecule has 16 heavy (non-hydrogen) atoms. The number of nitrogens with one attached hydrogen (secondary N) is 1. The van der Waals surface area contributed by atoms with Crippen molar-refractivity contribution in [3.05, 3.63) is 29.3 Å². The summed E-state index contributed by atoms with van der Waals surface area (Å²) in [5, 5.41) is 4.32. The van der Waals surface area contributed by atoms with Crippen molar-refractivity contribution in [2.45, 2.75) is 12.8 Å². The van der Waals surface area contributed by atoms with E-state index in [0.29, 0.717) is 5.41 Å². The van der Waals surface area contributed by atoms with Crippen LogP contribution in [-0.2, 0) is 0 Å². The zero-order valence-electron chi connectivity index (χ0n) is 9.38. The van der Waals surface area contributed by atoms with Crippen molar-refractivity contribution in [2.24, 2.45) is 5.41 Å². The van der Waals surface area contributed by atoms with Gasteiger partial charge in [0.25, 0.3) is 0 Å². The highest BCUT2D eigenvalue weighted by Crippen LogP contribution is 2.38. The van der Waals surface area contributed by atoms with Gasteiger partial charge in [0.15, 0.2) is 0 Å². The Morgan fingerprint density at radius 1 is 1.31 bits per heavy atom. The molecule has 1 N–H and O–H groups in total. The zero-order valence-corrected chi connectivity index (χ0v) is 10.1. The van der Waals surface area contributed by atoms with E-state index in [9.17, 15) is 0 Å². The number of nitrogens with zero attached hydrogens (tertiary/aromatic N) is 1. The van der Waals surface area contributed by atoms with Gasteiger partial charge in [-0.05, 0) is 37.6 Å². The third kappa shape index (κ3) is 1.80. The standard InChI is InChI=1S/C13H17ClN2/c14-11-2-1-3-12(8-11)16-7-5-13(10-16)4-6-15-9-13/h1-3,8,15H,4-7,9-10H2/t13-/m1/s1. The molecule has 1 spiro atoms. The van der Waals surface area contributed by atoms with Crippen LogP contribution in [-0.4, -0.2) is 26.2 Å². The maximum atomic E-state index is 6.04. The van der Waals surface area contributed by atoms with Crippen LogP contribution in [0.4, 0.5) is 5.69 Å². The molecule has 86 valence electrons. The monoisotopic (exact) mass is 236 g/mol. The maximum Gasteiger partial charge on any atom is 0.0426 e. The van der Waals surface area contributed by atoms with Crippen LogP contribution in [0.1, 0.15) is 12.8 Å². The van der Waals surface area contributed by atoms with Crippen LogP contribution in [0.5, 0.6) is 0 Å². The van der Waals surface area contributed by atoms with E-state index in [0.717, 1.165) is 5.02 Å². The van der Waals surface area contributed by atoms with Crippen molar-refractivity contribution in [2.75, 3.05) is 31.1 Å². The largest absolute Gasteiger partial charge is 0.371 e. The summed E-state index contributed by atoms with van der Waals surface area (Å²) in [5.74, 6) is 0. The molecule has 2 aliphatic rings. The van der Waals surface area contributed by atoms with Crippen LogP contribution in [0.25, 0.3) is 0 Å². The maximum absolute atomic E-state index is 6.04. The number of anilines is 1. The molecule has 2 heterocycles. The van der Waals surface area contributed by atoms with E-state index < -0.39 is 0 Å². The molecule has 0 bridgehead atoms. The lowest BCUT2D eigenvalue weighted by atomic mass is 9.86. The molecule has 2 fully saturated rings. The lowest BCUT2D eigenvalue weighted by Crippen LogP contribution is -2.29. The molecule has 0 amide bonds. The van der Waals surface area contributed by atoms with Crippen molar-refractivity contribution >= 4 is 17.3 Å². The summed E-state index contributed by atoms with van der Waals surface area (Å²) in [6, 6.07) is 8.21. The molecule has 1 aromatic rings. The molecule has 2 aliphatic heterocycles. The van der Waals surface area contributed by atoms with Crippen molar-refractivity contribution in [1.29, 1.82) is 0 Å². The van der Waals surface area contributed by atoms with Crippen LogP contribution in [0.3, 0.4) is 0 Å². The van der Waals surface area contributed by atoms with Crippen molar-refractivity contribution in [1.82, 2.24) is 5.32 Å². The van der Waals surface area contributed by atoms with E-state index in [-0.39, 0.29) is 0 Å². The van der Waals surface area contributed by atoms with E-state index in [1.807, 2.05) is 12.1 Å². The topological polar surface area (TPSA) is 15.3 Å². The van der Waals surface area contributed by atoms with Gasteiger partial charge in [-0.2, -0.15) is 0 Å². The second-order valence-electron chi connectivity index (χ2n) is 5.08. The summed E-state index contributed by atoms with van der Waals surface area (Å²) < 4.78 is 0. The first kappa shape index (κ1) is 10.4. The zero-order chi connectivity index (χ0) is 11.0. The molecule has 0 saturated carbocycles. The van der Waals surface area contributed by atoms with Gasteiger partial charge in [-0.25, -0.2) is 0 Å². The van der Waals surface area contributed by atoms with Gasteiger partial charge in [0.05, 0.1) is 0 Å². The first-order chi connectivity index (χ1) is 7.77. The highest BCUT2D eigenvalue weighted by molar-refractivity contribution is 6.30. The number of halogens is 1. The Bertz CT molecular complexity index is 385. The van der Waals surface area contributed by atoms with Crippen LogP contribution in [0.2, 0.25) is 5.02 Å². The normalized spacial score (nSPS) is 29.2. The molecule has 0 unspecified atom stereocenters. The molecule has 3 heteroatoms. The second-order valence-corrected chi connectivity index (χ2v) is 5.51. The third-order valence-corrected chi connectivity index (χ3v) is 4.18. The Hall–Kier alpha value is -0.730. The van der Waals surface area contributed by atoms with Crippen LogP contribution < -0.4 is 10.2 Å². The Morgan fingerprint density at radius 2 is 2.25 bits per heavy atom. The second kappa shape index (κ2) is 3.94. The summed E-state index contributed by atoms with van der Waals surface area (Å²) in [7, 11) is 0. The van der Waals surface area contributed by atoms with Gasteiger partial charge in [-0.1, -0.05) is 17.7 Å². The van der Waals surface area contributed by atoms with E-state index in [4.69, 9.17) is 11.6 Å². The Kier molecular flexibility index (Phi) is 2.56. The minimum atomic E-state index is 0.530. The summed E-state index contributed by atoms with van der Waals surface area (Å²) >= 11 is 6.04. The van der Waals surface area contributed by atoms with Gasteiger partial charge in [0.1, 0.15) is 0 Å². The minimum Gasteiger partial charge on any atom is -0.371 e. The Morgan fingerprint density at radius 3 is 3.00 bits per heavy atom. The predicted octanol–water partition coefficient (Wildman–Crippen LogP) is 2.53. The Balaban J connectivity index is 1.78. The number of hydrogen-bond donors (Lipinski definition) is 1. The molecule has 0 aromatic heterocycles. The third-order valence-electron chi connectivity index (χ3n) is 3.94. The fourth-order valence-corrected chi connectivity index (χ4v) is 3.16. The van der Waals surface area contributed by atoms with E-state index in [2.05, 4.69) is 22.3 Å². The smallest absolute Gasteiger partial charge is 0.0426 e. The number of hydrogen-bond acceptors (Lipinski definition) is 2. The van der Waals surface area contributed by atoms with Crippen LogP contribution >= 0.6 is 11.6 Å². The van der Waals surface area contributed by atoms with Gasteiger partial charge >= 0.3 is 0 Å². The van der Waals surface area contributed by atoms with Gasteiger partial charge in [0.2, 0.25) is 0 Å². The van der Waals surface area contributed by atoms with E-state index in [1.54, 1.807) is 0 Å². The van der Waals surface area contributed by atoms with Crippen molar-refractivity contribution in [3.63, 3.8) is 0 Å². The quantitative estimate of drug-likeness (QED) is 0.806. The number of rotatable bonds is 1. The first-order valence-electron chi connectivity index (χ1n) is 5.99. The SMILES string of the molecule is Clc1cccc(N2CC[C@@]3(CCNC3)C2)c1. The van der Waals surface area contributed by atoms with E-state index >= 15 is 0 Å². The first-order valence-corrected chi connectivity index (χ1v) is 6.37. The summed E-state index contributed by atoms with van der Waals surface area (Å²) in [5.41, 5.74) is 1.80. The lowest BCUT2D eigenvalue weighted by Gasteiger charge is -2.24. The molecule has 3 rings (SSSR count). The minimum absolute atomic E-state index is 0.530. The highest BCUT2D eigenvalue weighted by atomic mass is 35.5. The molecule has 1 atom stereocenters. The molecule has 2 nitrogen and oxygen atoms in total. The molecule has 0 radical (unpaired) electrons. The lowest BCUT2D eigenvalue weighted by molar-refractivity contribution is 0.369. The molecule has 1 aromatic carbocycles. The summed E-state index contributed by atoms with van der Waals surface area (Å²) in [4.78, 5) is 2.47. The molecular weight excluding hydrogens is 220 g/mol. The molecule has 2 saturated heterocycles.